The van der Waals surface area contributed by atoms with Crippen LogP contribution in [0.2, 0.25) is 0 Å². The number of rotatable bonds is 6. The van der Waals surface area contributed by atoms with Crippen molar-refractivity contribution in [3.63, 3.8) is 0 Å². The molecular weight excluding hydrogens is 512 g/mol. The fraction of sp³-hybridized carbons (Fsp3) is 0.955. The Kier molecular flexibility index (Phi) is 11.8. The smallest absolute Gasteiger partial charge is 0.462 e. The molecule has 3 rings (SSSR count). The van der Waals surface area contributed by atoms with Gasteiger partial charge in [0.1, 0.15) is 30.5 Å². The number of hydrogen-bond acceptors (Lipinski definition) is 4. The molecule has 0 heterocycles. The molecule has 0 bridgehead atoms. The van der Waals surface area contributed by atoms with Gasteiger partial charge in [-0.3, -0.25) is 9.53 Å². The maximum Gasteiger partial charge on any atom is 0.522 e. The molecule has 14 heteroatoms. The van der Waals surface area contributed by atoms with Crippen LogP contribution in [0.5, 0.6) is 0 Å². The van der Waals surface area contributed by atoms with Crippen LogP contribution in [0.25, 0.3) is 0 Å². The quantitative estimate of drug-likeness (QED) is 0.351. The lowest BCUT2D eigenvalue weighted by Crippen LogP contribution is -2.48. The second-order valence-corrected chi connectivity index (χ2v) is 9.78. The number of carbonyl (C=O) groups is 1. The van der Waals surface area contributed by atoms with Crippen LogP contribution in [0.15, 0.2) is 0 Å². The third-order valence-corrected chi connectivity index (χ3v) is 7.08. The molecule has 3 saturated carbocycles. The van der Waals surface area contributed by atoms with Crippen molar-refractivity contribution >= 4 is 5.97 Å². The third kappa shape index (κ3) is 8.66. The summed E-state index contributed by atoms with van der Waals surface area (Å²) in [5, 5.41) is 0. The van der Waals surface area contributed by atoms with Gasteiger partial charge in [0.05, 0.1) is 18.1 Å². The molecule has 216 valence electrons. The first-order valence-corrected chi connectivity index (χ1v) is 11.7. The van der Waals surface area contributed by atoms with E-state index in [1.165, 1.54) is 0 Å². The number of esters is 1. The standard InChI is InChI=1S/C22H30F8O4.2H2O.H2/c1-11-2-4-12(5-3-11)21(26,27)33-14-9-16(24)19(17(25)10-14)20(31)32-13-6-7-18(15(23)8-13)34-22(28,29)30;;;/h11-19H,2-10H2,1H3;2*1H2;1H. The predicted octanol–water partition coefficient (Wildman–Crippen LogP) is 4.81. The van der Waals surface area contributed by atoms with Gasteiger partial charge in [-0.15, -0.1) is 13.2 Å². The van der Waals surface area contributed by atoms with E-state index in [-0.39, 0.29) is 31.6 Å². The molecule has 5 unspecified atom stereocenters. The Balaban J connectivity index is 0.00000432. The monoisotopic (exact) mass is 548 g/mol. The van der Waals surface area contributed by atoms with Crippen LogP contribution in [-0.4, -0.2) is 66.2 Å². The zero-order valence-electron chi connectivity index (χ0n) is 19.7. The van der Waals surface area contributed by atoms with E-state index in [1.54, 1.807) is 0 Å². The van der Waals surface area contributed by atoms with Gasteiger partial charge in [0.2, 0.25) is 0 Å². The molecule has 0 saturated heterocycles. The highest BCUT2D eigenvalue weighted by molar-refractivity contribution is 5.74. The Morgan fingerprint density at radius 1 is 0.750 bits per heavy atom. The first kappa shape index (κ1) is 32.8. The van der Waals surface area contributed by atoms with E-state index >= 15 is 0 Å². The van der Waals surface area contributed by atoms with Crippen LogP contribution in [0, 0.1) is 17.8 Å². The van der Waals surface area contributed by atoms with Crippen molar-refractivity contribution in [3.8, 4) is 0 Å². The molecule has 0 aliphatic heterocycles. The molecule has 5 atom stereocenters. The van der Waals surface area contributed by atoms with Crippen LogP contribution in [-0.2, 0) is 19.0 Å². The highest BCUT2D eigenvalue weighted by Gasteiger charge is 2.50. The molecular formula is C22H36F8O6. The summed E-state index contributed by atoms with van der Waals surface area (Å²) in [4.78, 5) is 12.3. The van der Waals surface area contributed by atoms with Crippen LogP contribution in [0.3, 0.4) is 0 Å². The van der Waals surface area contributed by atoms with Gasteiger partial charge in [-0.25, -0.2) is 13.2 Å². The summed E-state index contributed by atoms with van der Waals surface area (Å²) in [6, 6.07) is 0. The van der Waals surface area contributed by atoms with Gasteiger partial charge in [0.25, 0.3) is 0 Å². The van der Waals surface area contributed by atoms with Crippen molar-refractivity contribution < 1.29 is 66.5 Å². The number of halogens is 8. The number of ether oxygens (including phenoxy) is 3. The lowest BCUT2D eigenvalue weighted by Gasteiger charge is -2.38. The predicted molar refractivity (Wildman–Crippen MR) is 112 cm³/mol. The highest BCUT2D eigenvalue weighted by atomic mass is 19.4. The minimum atomic E-state index is -5.02. The normalized spacial score (nSPS) is 37.9. The maximum atomic E-state index is 14.7. The molecule has 0 aromatic heterocycles. The van der Waals surface area contributed by atoms with Crippen LogP contribution < -0.4 is 0 Å². The average molecular weight is 549 g/mol. The molecule has 36 heavy (non-hydrogen) atoms. The Hall–Kier alpha value is -1.25. The molecule has 3 aliphatic carbocycles. The summed E-state index contributed by atoms with van der Waals surface area (Å²) in [5.74, 6) is -3.91. The van der Waals surface area contributed by atoms with Crippen molar-refractivity contribution in [1.29, 1.82) is 0 Å². The Labute approximate surface area is 205 Å². The van der Waals surface area contributed by atoms with Crippen LogP contribution in [0.4, 0.5) is 35.1 Å². The molecule has 6 nitrogen and oxygen atoms in total. The molecule has 0 aromatic carbocycles. The van der Waals surface area contributed by atoms with Gasteiger partial charge < -0.3 is 20.4 Å². The van der Waals surface area contributed by atoms with Crippen molar-refractivity contribution in [2.45, 2.75) is 114 Å². The fourth-order valence-electron chi connectivity index (χ4n) is 5.13. The van der Waals surface area contributed by atoms with Crippen molar-refractivity contribution in [3.05, 3.63) is 0 Å². The maximum absolute atomic E-state index is 14.7. The lowest BCUT2D eigenvalue weighted by atomic mass is 9.81. The van der Waals surface area contributed by atoms with Crippen molar-refractivity contribution in [1.82, 2.24) is 0 Å². The number of hydrogen-bond donors (Lipinski definition) is 0. The van der Waals surface area contributed by atoms with Gasteiger partial charge in [0.15, 0.2) is 0 Å². The van der Waals surface area contributed by atoms with E-state index < -0.39 is 92.8 Å². The first-order valence-electron chi connectivity index (χ1n) is 11.7. The van der Waals surface area contributed by atoms with E-state index in [4.69, 9.17) is 9.47 Å². The van der Waals surface area contributed by atoms with Gasteiger partial charge >= 0.3 is 18.4 Å². The third-order valence-electron chi connectivity index (χ3n) is 7.08. The van der Waals surface area contributed by atoms with Crippen LogP contribution in [0.1, 0.15) is 66.1 Å². The Bertz CT molecular complexity index is 683. The summed E-state index contributed by atoms with van der Waals surface area (Å²) in [7, 11) is 0. The number of carbonyl (C=O) groups excluding carboxylic acids is 1. The molecule has 0 spiro atoms. The molecule has 0 radical (unpaired) electrons. The molecule has 3 fully saturated rings. The van der Waals surface area contributed by atoms with E-state index in [1.807, 2.05) is 6.92 Å². The second-order valence-electron chi connectivity index (χ2n) is 9.78. The van der Waals surface area contributed by atoms with E-state index in [9.17, 15) is 39.9 Å². The summed E-state index contributed by atoms with van der Waals surface area (Å²) < 4.78 is 123. The van der Waals surface area contributed by atoms with E-state index in [2.05, 4.69) is 4.74 Å². The molecule has 0 amide bonds. The van der Waals surface area contributed by atoms with Crippen molar-refractivity contribution in [2.75, 3.05) is 0 Å². The first-order chi connectivity index (χ1) is 15.7. The van der Waals surface area contributed by atoms with Crippen LogP contribution >= 0.6 is 0 Å². The molecule has 3 aliphatic rings. The minimum absolute atomic E-state index is 0. The lowest BCUT2D eigenvalue weighted by molar-refractivity contribution is -0.352. The average Bonchev–Trinajstić information content (AvgIpc) is 2.68. The molecule has 0 aromatic rings. The zero-order chi connectivity index (χ0) is 25.3. The summed E-state index contributed by atoms with van der Waals surface area (Å²) in [6.07, 6.45) is -20.0. The van der Waals surface area contributed by atoms with E-state index in [0.29, 0.717) is 18.8 Å². The van der Waals surface area contributed by atoms with Gasteiger partial charge in [0, 0.05) is 20.7 Å². The van der Waals surface area contributed by atoms with Crippen molar-refractivity contribution in [2.24, 2.45) is 17.8 Å². The SMILES string of the molecule is CC1CCC(C(F)(F)OC2CC(F)C(C(=O)OC3CCC(OC(F)(F)F)C(F)C3)C(F)C2)CC1.O.O.[HH]. The Morgan fingerprint density at radius 3 is 1.78 bits per heavy atom. The Morgan fingerprint density at radius 2 is 1.28 bits per heavy atom. The van der Waals surface area contributed by atoms with Gasteiger partial charge in [-0.2, -0.15) is 8.78 Å². The summed E-state index contributed by atoms with van der Waals surface area (Å²) >= 11 is 0. The number of alkyl halides is 8. The summed E-state index contributed by atoms with van der Waals surface area (Å²) in [5.41, 5.74) is 0. The fourth-order valence-corrected chi connectivity index (χ4v) is 5.13. The minimum Gasteiger partial charge on any atom is -0.462 e. The summed E-state index contributed by atoms with van der Waals surface area (Å²) in [6.45, 7) is 1.96. The second kappa shape index (κ2) is 13.0. The largest absolute Gasteiger partial charge is 0.522 e. The topological polar surface area (TPSA) is 108 Å². The highest BCUT2D eigenvalue weighted by Crippen LogP contribution is 2.43. The van der Waals surface area contributed by atoms with Gasteiger partial charge in [-0.1, -0.05) is 19.8 Å². The van der Waals surface area contributed by atoms with E-state index in [0.717, 1.165) is 0 Å². The molecule has 4 N–H and O–H groups in total. The zero-order valence-corrected chi connectivity index (χ0v) is 19.7. The van der Waals surface area contributed by atoms with Gasteiger partial charge in [-0.05, 0) is 31.6 Å².